The third kappa shape index (κ3) is 3.90. The molecule has 0 aliphatic carbocycles. The predicted octanol–water partition coefficient (Wildman–Crippen LogP) is 2.07. The summed E-state index contributed by atoms with van der Waals surface area (Å²) >= 11 is 6.66. The van der Waals surface area contributed by atoms with Gasteiger partial charge >= 0.3 is 0 Å². The van der Waals surface area contributed by atoms with Crippen molar-refractivity contribution in [2.75, 3.05) is 25.7 Å². The lowest BCUT2D eigenvalue weighted by molar-refractivity contribution is 0.339. The first-order valence-corrected chi connectivity index (χ1v) is 6.58. The summed E-state index contributed by atoms with van der Waals surface area (Å²) in [6, 6.07) is 5.44. The molecule has 0 fully saturated rings. The summed E-state index contributed by atoms with van der Waals surface area (Å²) in [6.45, 7) is 0.658. The lowest BCUT2D eigenvalue weighted by Gasteiger charge is -2.09. The number of nitrogens with two attached hydrogens (primary N) is 1. The van der Waals surface area contributed by atoms with Crippen LogP contribution >= 0.6 is 24.0 Å². The van der Waals surface area contributed by atoms with E-state index in [1.807, 2.05) is 18.4 Å². The van der Waals surface area contributed by atoms with Gasteiger partial charge in [0.2, 0.25) is 0 Å². The van der Waals surface area contributed by atoms with Crippen molar-refractivity contribution in [2.24, 2.45) is 5.73 Å². The summed E-state index contributed by atoms with van der Waals surface area (Å²) in [5.74, 6) is 2.38. The molecule has 0 amide bonds. The van der Waals surface area contributed by atoms with Gasteiger partial charge in [0.25, 0.3) is 0 Å². The molecule has 1 aromatic rings. The minimum absolute atomic E-state index is 0.341. The Balaban J connectivity index is 2.82. The zero-order chi connectivity index (χ0) is 12.0. The third-order valence-electron chi connectivity index (χ3n) is 1.96. The highest BCUT2D eigenvalue weighted by atomic mass is 32.2. The number of ether oxygens (including phenoxy) is 2. The van der Waals surface area contributed by atoms with Crippen LogP contribution in [0.25, 0.3) is 0 Å². The van der Waals surface area contributed by atoms with E-state index in [1.165, 1.54) is 0 Å². The molecule has 1 aromatic carbocycles. The molecule has 88 valence electrons. The van der Waals surface area contributed by atoms with Gasteiger partial charge in [-0.05, 0) is 18.4 Å². The number of hydrogen-bond donors (Lipinski definition) is 1. The molecule has 0 saturated heterocycles. The van der Waals surface area contributed by atoms with E-state index in [-0.39, 0.29) is 0 Å². The first kappa shape index (κ1) is 13.1. The Labute approximate surface area is 105 Å². The van der Waals surface area contributed by atoms with E-state index in [4.69, 9.17) is 27.4 Å². The normalized spacial score (nSPS) is 9.88. The fourth-order valence-electron chi connectivity index (χ4n) is 1.16. The number of benzene rings is 1. The predicted molar refractivity (Wildman–Crippen MR) is 72.8 cm³/mol. The fraction of sp³-hybridized carbons (Fsp3) is 0.364. The van der Waals surface area contributed by atoms with Gasteiger partial charge in [-0.1, -0.05) is 12.2 Å². The topological polar surface area (TPSA) is 44.5 Å². The van der Waals surface area contributed by atoms with E-state index in [0.29, 0.717) is 17.3 Å². The standard InChI is InChI=1S/C11H15NO2S2/c1-13-9-5-8(11(12)15)6-10(7-9)14-3-4-16-2/h5-7H,3-4H2,1-2H3,(H2,12,15). The second-order valence-electron chi connectivity index (χ2n) is 3.10. The van der Waals surface area contributed by atoms with Crippen LogP contribution in [-0.2, 0) is 0 Å². The van der Waals surface area contributed by atoms with Gasteiger partial charge in [-0.2, -0.15) is 11.8 Å². The molecule has 0 aromatic heterocycles. The summed E-state index contributed by atoms with van der Waals surface area (Å²) < 4.78 is 10.7. The molecular weight excluding hydrogens is 242 g/mol. The Morgan fingerprint density at radius 3 is 2.62 bits per heavy atom. The van der Waals surface area contributed by atoms with Gasteiger partial charge in [0.15, 0.2) is 0 Å². The van der Waals surface area contributed by atoms with Crippen molar-refractivity contribution in [2.45, 2.75) is 0 Å². The van der Waals surface area contributed by atoms with E-state index < -0.39 is 0 Å². The van der Waals surface area contributed by atoms with E-state index >= 15 is 0 Å². The Morgan fingerprint density at radius 1 is 1.38 bits per heavy atom. The van der Waals surface area contributed by atoms with Crippen molar-refractivity contribution in [3.8, 4) is 11.5 Å². The van der Waals surface area contributed by atoms with E-state index in [0.717, 1.165) is 17.1 Å². The molecule has 0 spiro atoms. The first-order valence-electron chi connectivity index (χ1n) is 4.78. The van der Waals surface area contributed by atoms with Crippen LogP contribution in [0.15, 0.2) is 18.2 Å². The van der Waals surface area contributed by atoms with Crippen molar-refractivity contribution in [1.29, 1.82) is 0 Å². The van der Waals surface area contributed by atoms with Crippen molar-refractivity contribution < 1.29 is 9.47 Å². The van der Waals surface area contributed by atoms with Gasteiger partial charge in [-0.3, -0.25) is 0 Å². The highest BCUT2D eigenvalue weighted by Gasteiger charge is 2.04. The molecule has 16 heavy (non-hydrogen) atoms. The van der Waals surface area contributed by atoms with Crippen molar-refractivity contribution >= 4 is 29.0 Å². The van der Waals surface area contributed by atoms with Gasteiger partial charge in [-0.15, -0.1) is 0 Å². The molecule has 0 bridgehead atoms. The van der Waals surface area contributed by atoms with Gasteiger partial charge in [0.05, 0.1) is 13.7 Å². The minimum Gasteiger partial charge on any atom is -0.497 e. The molecule has 0 radical (unpaired) electrons. The average molecular weight is 257 g/mol. The Morgan fingerprint density at radius 2 is 2.06 bits per heavy atom. The first-order chi connectivity index (χ1) is 7.67. The van der Waals surface area contributed by atoms with Crippen LogP contribution in [0, 0.1) is 0 Å². The fourth-order valence-corrected chi connectivity index (χ4v) is 1.53. The molecule has 5 heteroatoms. The minimum atomic E-state index is 0.341. The summed E-state index contributed by atoms with van der Waals surface area (Å²) in [7, 11) is 1.60. The smallest absolute Gasteiger partial charge is 0.123 e. The summed E-state index contributed by atoms with van der Waals surface area (Å²) in [5, 5.41) is 0. The molecule has 0 heterocycles. The highest BCUT2D eigenvalue weighted by Crippen LogP contribution is 2.22. The van der Waals surface area contributed by atoms with Crippen LogP contribution in [0.1, 0.15) is 5.56 Å². The second kappa shape index (κ2) is 6.60. The maximum atomic E-state index is 5.58. The number of thiocarbonyl (C=S) groups is 1. The van der Waals surface area contributed by atoms with Gasteiger partial charge in [0.1, 0.15) is 16.5 Å². The second-order valence-corrected chi connectivity index (χ2v) is 4.53. The summed E-state index contributed by atoms with van der Waals surface area (Å²) in [5.41, 5.74) is 6.34. The molecule has 0 saturated carbocycles. The molecule has 0 aliphatic rings. The van der Waals surface area contributed by atoms with Crippen LogP contribution in [0.2, 0.25) is 0 Å². The Bertz CT molecular complexity index is 369. The third-order valence-corrected chi connectivity index (χ3v) is 2.77. The summed E-state index contributed by atoms with van der Waals surface area (Å²) in [4.78, 5) is 0.341. The van der Waals surface area contributed by atoms with Crippen LogP contribution in [0.4, 0.5) is 0 Å². The molecule has 2 N–H and O–H groups in total. The zero-order valence-electron chi connectivity index (χ0n) is 9.36. The highest BCUT2D eigenvalue weighted by molar-refractivity contribution is 7.98. The molecule has 0 unspecified atom stereocenters. The van der Waals surface area contributed by atoms with Crippen LogP contribution in [0.3, 0.4) is 0 Å². The number of hydrogen-bond acceptors (Lipinski definition) is 4. The Hall–Kier alpha value is -0.940. The lowest BCUT2D eigenvalue weighted by Crippen LogP contribution is -2.10. The maximum absolute atomic E-state index is 5.58. The molecular formula is C11H15NO2S2. The quantitative estimate of drug-likeness (QED) is 0.624. The van der Waals surface area contributed by atoms with Crippen molar-refractivity contribution in [1.82, 2.24) is 0 Å². The molecule has 0 atom stereocenters. The largest absolute Gasteiger partial charge is 0.497 e. The van der Waals surface area contributed by atoms with Crippen molar-refractivity contribution in [3.63, 3.8) is 0 Å². The van der Waals surface area contributed by atoms with Crippen LogP contribution in [0.5, 0.6) is 11.5 Å². The average Bonchev–Trinajstić information content (AvgIpc) is 2.29. The van der Waals surface area contributed by atoms with Crippen molar-refractivity contribution in [3.05, 3.63) is 23.8 Å². The molecule has 0 aliphatic heterocycles. The van der Waals surface area contributed by atoms with E-state index in [2.05, 4.69) is 0 Å². The SMILES string of the molecule is COc1cc(OCCSC)cc(C(N)=S)c1. The molecule has 3 nitrogen and oxygen atoms in total. The van der Waals surface area contributed by atoms with Gasteiger partial charge in [-0.25, -0.2) is 0 Å². The van der Waals surface area contributed by atoms with Gasteiger partial charge < -0.3 is 15.2 Å². The van der Waals surface area contributed by atoms with Crippen LogP contribution < -0.4 is 15.2 Å². The van der Waals surface area contributed by atoms with E-state index in [1.54, 1.807) is 24.9 Å². The Kier molecular flexibility index (Phi) is 5.42. The lowest BCUT2D eigenvalue weighted by atomic mass is 10.2. The maximum Gasteiger partial charge on any atom is 0.123 e. The molecule has 1 rings (SSSR count). The monoisotopic (exact) mass is 257 g/mol. The van der Waals surface area contributed by atoms with E-state index in [9.17, 15) is 0 Å². The van der Waals surface area contributed by atoms with Gasteiger partial charge in [0, 0.05) is 17.4 Å². The number of methoxy groups -OCH3 is 1. The summed E-state index contributed by atoms with van der Waals surface area (Å²) in [6.07, 6.45) is 2.04. The number of thioether (sulfide) groups is 1. The zero-order valence-corrected chi connectivity index (χ0v) is 11.0. The van der Waals surface area contributed by atoms with Crippen LogP contribution in [-0.4, -0.2) is 30.7 Å². The number of rotatable bonds is 6.